The quantitative estimate of drug-likeness (QED) is 0.473. The molecule has 1 N–H and O–H groups in total. The van der Waals surface area contributed by atoms with Crippen LogP contribution in [-0.2, 0) is 0 Å². The average Bonchev–Trinajstić information content (AvgIpc) is 2.75. The van der Waals surface area contributed by atoms with Crippen molar-refractivity contribution in [1.29, 1.82) is 0 Å². The van der Waals surface area contributed by atoms with E-state index in [9.17, 15) is 0 Å². The Balaban J connectivity index is 0.00000225. The van der Waals surface area contributed by atoms with Gasteiger partial charge in [-0.1, -0.05) is 51.4 Å². The van der Waals surface area contributed by atoms with Gasteiger partial charge in [0.15, 0.2) is 0 Å². The molecule has 0 aromatic rings. The van der Waals surface area contributed by atoms with E-state index in [4.69, 9.17) is 0 Å². The number of hydrogen-bond donors (Lipinski definition) is 2. The molecule has 1 rings (SSSR count). The summed E-state index contributed by atoms with van der Waals surface area (Å²) in [6, 6.07) is 0. The van der Waals surface area contributed by atoms with Crippen LogP contribution in [0.3, 0.4) is 0 Å². The minimum Gasteiger partial charge on any atom is -0.316 e. The fourth-order valence-electron chi connectivity index (χ4n) is 2.54. The molecule has 0 amide bonds. The molecule has 16 heavy (non-hydrogen) atoms. The molecular weight excluding hydrogens is 238 g/mol. The van der Waals surface area contributed by atoms with E-state index in [1.807, 2.05) is 0 Å². The van der Waals surface area contributed by atoms with Crippen LogP contribution in [0.5, 0.6) is 0 Å². The monoisotopic (exact) mass is 265 g/mol. The van der Waals surface area contributed by atoms with Gasteiger partial charge in [-0.05, 0) is 18.9 Å². The van der Waals surface area contributed by atoms with Crippen LogP contribution in [0, 0.1) is 5.92 Å². The Bertz CT molecular complexity index is 138. The Morgan fingerprint density at radius 1 is 0.938 bits per heavy atom. The zero-order chi connectivity index (χ0) is 10.8. The van der Waals surface area contributed by atoms with Gasteiger partial charge in [-0.25, -0.2) is 0 Å². The molecule has 1 aliphatic rings. The fraction of sp³-hybridized carbons (Fsp3) is 1.00. The standard InChI is InChI=1S/C13H27NS.ClH/c15-12-11-14-10-6-2-1-3-7-13-8-4-5-9-13;/h13-15H,1-12H2;1H. The molecule has 98 valence electrons. The van der Waals surface area contributed by atoms with Crippen molar-refractivity contribution in [1.82, 2.24) is 5.32 Å². The van der Waals surface area contributed by atoms with Gasteiger partial charge in [0.1, 0.15) is 0 Å². The Morgan fingerprint density at radius 2 is 1.62 bits per heavy atom. The van der Waals surface area contributed by atoms with Gasteiger partial charge in [0.2, 0.25) is 0 Å². The summed E-state index contributed by atoms with van der Waals surface area (Å²) in [5.41, 5.74) is 0. The predicted octanol–water partition coefficient (Wildman–Crippen LogP) is 4.07. The fourth-order valence-corrected chi connectivity index (χ4v) is 2.70. The third kappa shape index (κ3) is 8.72. The van der Waals surface area contributed by atoms with Crippen molar-refractivity contribution in [2.45, 2.75) is 57.8 Å². The molecule has 0 atom stereocenters. The van der Waals surface area contributed by atoms with Crippen LogP contribution in [0.1, 0.15) is 57.8 Å². The van der Waals surface area contributed by atoms with Gasteiger partial charge >= 0.3 is 0 Å². The van der Waals surface area contributed by atoms with Gasteiger partial charge in [-0.2, -0.15) is 12.6 Å². The molecule has 0 spiro atoms. The maximum atomic E-state index is 4.17. The van der Waals surface area contributed by atoms with Crippen LogP contribution in [0.4, 0.5) is 0 Å². The van der Waals surface area contributed by atoms with E-state index in [-0.39, 0.29) is 12.4 Å². The van der Waals surface area contributed by atoms with Crippen LogP contribution in [0.25, 0.3) is 0 Å². The van der Waals surface area contributed by atoms with Crippen molar-refractivity contribution in [3.63, 3.8) is 0 Å². The minimum absolute atomic E-state index is 0. The predicted molar refractivity (Wildman–Crippen MR) is 79.0 cm³/mol. The van der Waals surface area contributed by atoms with Gasteiger partial charge in [-0.15, -0.1) is 12.4 Å². The molecule has 1 fully saturated rings. The highest BCUT2D eigenvalue weighted by molar-refractivity contribution is 7.80. The van der Waals surface area contributed by atoms with Crippen LogP contribution in [0.2, 0.25) is 0 Å². The summed E-state index contributed by atoms with van der Waals surface area (Å²) in [6.07, 6.45) is 13.2. The van der Waals surface area contributed by atoms with E-state index in [2.05, 4.69) is 17.9 Å². The maximum absolute atomic E-state index is 4.17. The lowest BCUT2D eigenvalue weighted by Crippen LogP contribution is -2.17. The second-order valence-electron chi connectivity index (χ2n) is 4.83. The smallest absolute Gasteiger partial charge is 0.00397 e. The number of nitrogens with one attached hydrogen (secondary N) is 1. The summed E-state index contributed by atoms with van der Waals surface area (Å²) >= 11 is 4.17. The summed E-state index contributed by atoms with van der Waals surface area (Å²) in [4.78, 5) is 0. The van der Waals surface area contributed by atoms with Gasteiger partial charge in [0, 0.05) is 12.3 Å². The van der Waals surface area contributed by atoms with Gasteiger partial charge < -0.3 is 5.32 Å². The van der Waals surface area contributed by atoms with Gasteiger partial charge in [-0.3, -0.25) is 0 Å². The average molecular weight is 266 g/mol. The highest BCUT2D eigenvalue weighted by Gasteiger charge is 2.13. The maximum Gasteiger partial charge on any atom is 0.00397 e. The summed E-state index contributed by atoms with van der Waals surface area (Å²) in [7, 11) is 0. The molecule has 0 aliphatic heterocycles. The second kappa shape index (κ2) is 12.1. The first-order valence-electron chi connectivity index (χ1n) is 6.75. The summed E-state index contributed by atoms with van der Waals surface area (Å²) in [5.74, 6) is 2.05. The number of halogens is 1. The van der Waals surface area contributed by atoms with Crippen LogP contribution in [-0.4, -0.2) is 18.8 Å². The van der Waals surface area contributed by atoms with E-state index < -0.39 is 0 Å². The highest BCUT2D eigenvalue weighted by Crippen LogP contribution is 2.29. The van der Waals surface area contributed by atoms with Gasteiger partial charge in [0.05, 0.1) is 0 Å². The first kappa shape index (κ1) is 16.6. The van der Waals surface area contributed by atoms with E-state index in [0.717, 1.165) is 18.2 Å². The molecule has 3 heteroatoms. The molecular formula is C13H28ClNS. The lowest BCUT2D eigenvalue weighted by molar-refractivity contribution is 0.463. The van der Waals surface area contributed by atoms with Crippen molar-refractivity contribution in [2.24, 2.45) is 5.92 Å². The normalized spacial score (nSPS) is 16.3. The zero-order valence-electron chi connectivity index (χ0n) is 10.4. The largest absolute Gasteiger partial charge is 0.316 e. The SMILES string of the molecule is Cl.SCCNCCCCCCC1CCCC1. The lowest BCUT2D eigenvalue weighted by atomic mass is 9.99. The van der Waals surface area contributed by atoms with Crippen molar-refractivity contribution in [3.05, 3.63) is 0 Å². The first-order chi connectivity index (χ1) is 7.43. The molecule has 0 bridgehead atoms. The molecule has 0 aromatic carbocycles. The van der Waals surface area contributed by atoms with E-state index in [1.165, 1.54) is 64.3 Å². The first-order valence-corrected chi connectivity index (χ1v) is 7.38. The Morgan fingerprint density at radius 3 is 2.31 bits per heavy atom. The van der Waals surface area contributed by atoms with E-state index >= 15 is 0 Å². The third-order valence-corrected chi connectivity index (χ3v) is 3.70. The van der Waals surface area contributed by atoms with Crippen LogP contribution in [0.15, 0.2) is 0 Å². The molecule has 0 radical (unpaired) electrons. The minimum atomic E-state index is 0. The molecule has 1 nitrogen and oxygen atoms in total. The third-order valence-electron chi connectivity index (χ3n) is 3.48. The number of hydrogen-bond acceptors (Lipinski definition) is 2. The lowest BCUT2D eigenvalue weighted by Gasteiger charge is -2.08. The van der Waals surface area contributed by atoms with Crippen molar-refractivity contribution in [3.8, 4) is 0 Å². The topological polar surface area (TPSA) is 12.0 Å². The summed E-state index contributed by atoms with van der Waals surface area (Å²) in [6.45, 7) is 2.25. The van der Waals surface area contributed by atoms with Gasteiger partial charge in [0.25, 0.3) is 0 Å². The summed E-state index contributed by atoms with van der Waals surface area (Å²) in [5, 5.41) is 3.39. The Labute approximate surface area is 113 Å². The Hall–Kier alpha value is 0.600. The molecule has 0 unspecified atom stereocenters. The van der Waals surface area contributed by atoms with Crippen LogP contribution < -0.4 is 5.32 Å². The van der Waals surface area contributed by atoms with E-state index in [1.54, 1.807) is 0 Å². The number of unbranched alkanes of at least 4 members (excludes halogenated alkanes) is 3. The molecule has 0 saturated heterocycles. The van der Waals surface area contributed by atoms with Crippen molar-refractivity contribution < 1.29 is 0 Å². The summed E-state index contributed by atoms with van der Waals surface area (Å²) < 4.78 is 0. The molecule has 0 aromatic heterocycles. The zero-order valence-corrected chi connectivity index (χ0v) is 12.1. The Kier molecular flexibility index (Phi) is 12.5. The number of thiol groups is 1. The molecule has 1 saturated carbocycles. The van der Waals surface area contributed by atoms with Crippen LogP contribution >= 0.6 is 25.0 Å². The molecule has 1 aliphatic carbocycles. The van der Waals surface area contributed by atoms with E-state index in [0.29, 0.717) is 0 Å². The van der Waals surface area contributed by atoms with Crippen molar-refractivity contribution >= 4 is 25.0 Å². The second-order valence-corrected chi connectivity index (χ2v) is 5.27. The van der Waals surface area contributed by atoms with Crippen molar-refractivity contribution in [2.75, 3.05) is 18.8 Å². The highest BCUT2D eigenvalue weighted by atomic mass is 35.5. The number of rotatable bonds is 9. The molecule has 0 heterocycles.